The molecular formula is C37H36N4O8S. The Balaban J connectivity index is 1.44. The number of benzene rings is 3. The maximum atomic E-state index is 14.6. The maximum absolute atomic E-state index is 14.6. The molecule has 3 aliphatic heterocycles. The van der Waals surface area contributed by atoms with Crippen molar-refractivity contribution in [2.75, 3.05) is 12.3 Å². The molecule has 258 valence electrons. The van der Waals surface area contributed by atoms with Crippen LogP contribution < -0.4 is 10.6 Å². The first-order valence-electron chi connectivity index (χ1n) is 16.1. The number of nitrogens with zero attached hydrogens (tertiary/aromatic N) is 2. The molecule has 3 aromatic rings. The highest BCUT2D eigenvalue weighted by atomic mass is 32.2. The second-order valence-corrected chi connectivity index (χ2v) is 14.1. The number of allylic oxidation sites excluding steroid dienone is 1. The van der Waals surface area contributed by atoms with E-state index in [0.717, 1.165) is 11.1 Å². The summed E-state index contributed by atoms with van der Waals surface area (Å²) in [6.07, 6.45) is -1.03. The minimum atomic E-state index is -0.959. The number of fused-ring (bicyclic) bond motifs is 1. The van der Waals surface area contributed by atoms with E-state index < -0.39 is 46.0 Å². The number of hydrogen-bond acceptors (Lipinski definition) is 9. The summed E-state index contributed by atoms with van der Waals surface area (Å²) in [5, 5.41) is 16.2. The minimum absolute atomic E-state index is 0.0121. The number of nitrogens with one attached hydrogen (secondary N) is 2. The van der Waals surface area contributed by atoms with Gasteiger partial charge in [-0.2, -0.15) is 0 Å². The molecule has 2 saturated heterocycles. The number of rotatable bonds is 9. The number of amides is 3. The van der Waals surface area contributed by atoms with Gasteiger partial charge in [0.05, 0.1) is 4.92 Å². The predicted molar refractivity (Wildman–Crippen MR) is 186 cm³/mol. The summed E-state index contributed by atoms with van der Waals surface area (Å²) in [7, 11) is 0. The molecule has 13 heteroatoms. The highest BCUT2D eigenvalue weighted by Gasteiger charge is 2.55. The number of esters is 1. The Morgan fingerprint density at radius 2 is 1.62 bits per heavy atom. The van der Waals surface area contributed by atoms with Crippen LogP contribution in [0.5, 0.6) is 0 Å². The van der Waals surface area contributed by atoms with Gasteiger partial charge in [-0.3, -0.25) is 24.6 Å². The fourth-order valence-corrected chi connectivity index (χ4v) is 7.55. The fourth-order valence-electron chi connectivity index (χ4n) is 6.17. The van der Waals surface area contributed by atoms with Crippen molar-refractivity contribution in [3.05, 3.63) is 134 Å². The standard InChI is InChI=1S/C37H36N4O8S/c1-37(2,3)49-36(45)39-29-33(43)40-30(35(44)48-31(23-10-6-4-7-11-23)24-12-8-5-9-13-24)28(21-50-34(29)40)27(26-18-19-38-32(26)42)20-22-14-16-25(17-15-22)41(46)47/h4-17,29,31,34H,18-21H2,1-3H3,(H,38,42)(H,39,45)/t29-,34-/m1/s1. The molecule has 2 atom stereocenters. The van der Waals surface area contributed by atoms with Gasteiger partial charge in [0.2, 0.25) is 5.91 Å². The molecule has 3 aromatic carbocycles. The first kappa shape index (κ1) is 34.4. The normalized spacial score (nSPS) is 19.7. The van der Waals surface area contributed by atoms with Crippen molar-refractivity contribution in [3.63, 3.8) is 0 Å². The van der Waals surface area contributed by atoms with E-state index in [1.54, 1.807) is 32.9 Å². The highest BCUT2D eigenvalue weighted by molar-refractivity contribution is 8.00. The van der Waals surface area contributed by atoms with Gasteiger partial charge in [-0.05, 0) is 61.4 Å². The van der Waals surface area contributed by atoms with E-state index in [2.05, 4.69) is 10.6 Å². The highest BCUT2D eigenvalue weighted by Crippen LogP contribution is 2.45. The van der Waals surface area contributed by atoms with Gasteiger partial charge in [0.25, 0.3) is 11.6 Å². The zero-order chi connectivity index (χ0) is 35.6. The van der Waals surface area contributed by atoms with Crippen molar-refractivity contribution < 1.29 is 33.6 Å². The molecule has 12 nitrogen and oxygen atoms in total. The molecule has 3 amide bonds. The SMILES string of the molecule is CC(C)(C)OC(=O)N[C@@H]1C(=O)N2C(C(=O)OC(c3ccccc3)c3ccccc3)=C(C(Cc3ccc([N+](=O)[O-])cc3)=C3CCNC3=O)CS[C@H]12. The van der Waals surface area contributed by atoms with Gasteiger partial charge in [0.15, 0.2) is 6.10 Å². The number of hydrogen-bond donors (Lipinski definition) is 2. The Kier molecular flexibility index (Phi) is 9.78. The van der Waals surface area contributed by atoms with E-state index in [9.17, 15) is 29.3 Å². The Morgan fingerprint density at radius 1 is 1.00 bits per heavy atom. The van der Waals surface area contributed by atoms with E-state index >= 15 is 0 Å². The molecular weight excluding hydrogens is 660 g/mol. The van der Waals surface area contributed by atoms with Gasteiger partial charge in [0.1, 0.15) is 22.7 Å². The fraction of sp³-hybridized carbons (Fsp3) is 0.297. The summed E-state index contributed by atoms with van der Waals surface area (Å²) in [5.41, 5.74) is 2.68. The molecule has 0 radical (unpaired) electrons. The van der Waals surface area contributed by atoms with E-state index in [0.29, 0.717) is 35.2 Å². The number of nitro groups is 1. The van der Waals surface area contributed by atoms with Gasteiger partial charge in [0, 0.05) is 30.0 Å². The second-order valence-electron chi connectivity index (χ2n) is 13.0. The van der Waals surface area contributed by atoms with Crippen molar-refractivity contribution in [1.82, 2.24) is 15.5 Å². The Labute approximate surface area is 293 Å². The zero-order valence-electron chi connectivity index (χ0n) is 27.7. The summed E-state index contributed by atoms with van der Waals surface area (Å²) in [5.74, 6) is -1.37. The summed E-state index contributed by atoms with van der Waals surface area (Å²) in [4.78, 5) is 66.5. The first-order valence-corrected chi connectivity index (χ1v) is 17.2. The number of nitro benzene ring substituents is 1. The third kappa shape index (κ3) is 7.27. The van der Waals surface area contributed by atoms with Crippen molar-refractivity contribution in [3.8, 4) is 0 Å². The lowest BCUT2D eigenvalue weighted by atomic mass is 9.90. The third-order valence-electron chi connectivity index (χ3n) is 8.45. The van der Waals surface area contributed by atoms with Gasteiger partial charge in [-0.15, -0.1) is 11.8 Å². The van der Waals surface area contributed by atoms with E-state index in [1.165, 1.54) is 28.8 Å². The lowest BCUT2D eigenvalue weighted by Gasteiger charge is -2.50. The molecule has 0 spiro atoms. The summed E-state index contributed by atoms with van der Waals surface area (Å²) < 4.78 is 11.7. The van der Waals surface area contributed by atoms with Crippen LogP contribution in [0.3, 0.4) is 0 Å². The smallest absolute Gasteiger partial charge is 0.408 e. The predicted octanol–water partition coefficient (Wildman–Crippen LogP) is 5.35. The molecule has 0 saturated carbocycles. The van der Waals surface area contributed by atoms with Crippen LogP contribution in [-0.4, -0.2) is 63.0 Å². The lowest BCUT2D eigenvalue weighted by molar-refractivity contribution is -0.384. The number of carbonyl (C=O) groups is 4. The molecule has 50 heavy (non-hydrogen) atoms. The quantitative estimate of drug-likeness (QED) is 0.0990. The Morgan fingerprint density at radius 3 is 2.16 bits per heavy atom. The van der Waals surface area contributed by atoms with Crippen molar-refractivity contribution in [1.29, 1.82) is 0 Å². The summed E-state index contributed by atoms with van der Waals surface area (Å²) >= 11 is 1.34. The van der Waals surface area contributed by atoms with Gasteiger partial charge >= 0.3 is 12.1 Å². The van der Waals surface area contributed by atoms with Crippen LogP contribution in [0.25, 0.3) is 0 Å². The summed E-state index contributed by atoms with van der Waals surface area (Å²) in [6.45, 7) is 5.55. The van der Waals surface area contributed by atoms with Crippen molar-refractivity contribution in [2.45, 2.75) is 56.7 Å². The molecule has 6 rings (SSSR count). The number of ether oxygens (including phenoxy) is 2. The molecule has 3 heterocycles. The Bertz CT molecular complexity index is 1850. The van der Waals surface area contributed by atoms with Gasteiger partial charge in [-0.25, -0.2) is 9.59 Å². The number of alkyl carbamates (subject to hydrolysis) is 1. The Hall–Kier alpha value is -5.43. The minimum Gasteiger partial charge on any atom is -0.448 e. The monoisotopic (exact) mass is 696 g/mol. The largest absolute Gasteiger partial charge is 0.448 e. The molecule has 0 aromatic heterocycles. The number of thioether (sulfide) groups is 1. The van der Waals surface area contributed by atoms with Crippen LogP contribution in [0.1, 0.15) is 50.0 Å². The second kappa shape index (κ2) is 14.2. The van der Waals surface area contributed by atoms with Gasteiger partial charge < -0.3 is 20.1 Å². The van der Waals surface area contributed by atoms with Crippen LogP contribution in [-0.2, 0) is 30.3 Å². The van der Waals surface area contributed by atoms with E-state index in [4.69, 9.17) is 9.47 Å². The average Bonchev–Trinajstić information content (AvgIpc) is 3.53. The van der Waals surface area contributed by atoms with Gasteiger partial charge in [-0.1, -0.05) is 72.8 Å². The van der Waals surface area contributed by atoms with Crippen LogP contribution in [0.4, 0.5) is 10.5 Å². The molecule has 0 bridgehead atoms. The number of carbonyl (C=O) groups excluding carboxylic acids is 4. The van der Waals surface area contributed by atoms with Crippen LogP contribution in [0.2, 0.25) is 0 Å². The topological polar surface area (TPSA) is 157 Å². The lowest BCUT2D eigenvalue weighted by Crippen LogP contribution is -2.70. The van der Waals surface area contributed by atoms with Crippen LogP contribution in [0, 0.1) is 10.1 Å². The van der Waals surface area contributed by atoms with E-state index in [-0.39, 0.29) is 29.5 Å². The third-order valence-corrected chi connectivity index (χ3v) is 9.73. The van der Waals surface area contributed by atoms with E-state index in [1.807, 2.05) is 60.7 Å². The molecule has 2 fully saturated rings. The van der Waals surface area contributed by atoms with Crippen LogP contribution in [0.15, 0.2) is 107 Å². The molecule has 0 unspecified atom stereocenters. The number of non-ortho nitro benzene ring substituents is 1. The molecule has 2 N–H and O–H groups in total. The van der Waals surface area contributed by atoms with Crippen molar-refractivity contribution in [2.24, 2.45) is 0 Å². The first-order chi connectivity index (χ1) is 23.9. The molecule has 3 aliphatic rings. The number of β-lactam (4-membered cyclic amide) rings is 1. The van der Waals surface area contributed by atoms with Crippen molar-refractivity contribution >= 4 is 41.3 Å². The maximum Gasteiger partial charge on any atom is 0.408 e. The van der Waals surface area contributed by atoms with Crippen LogP contribution >= 0.6 is 11.8 Å². The zero-order valence-corrected chi connectivity index (χ0v) is 28.5. The average molecular weight is 697 g/mol. The summed E-state index contributed by atoms with van der Waals surface area (Å²) in [6, 6.07) is 23.5. The molecule has 0 aliphatic carbocycles.